The zero-order valence-corrected chi connectivity index (χ0v) is 14.0. The highest BCUT2D eigenvalue weighted by molar-refractivity contribution is 5.29. The monoisotopic (exact) mass is 309 g/mol. The fourth-order valence-electron chi connectivity index (χ4n) is 3.41. The van der Waals surface area contributed by atoms with Crippen LogP contribution in [0.2, 0.25) is 0 Å². The SMILES string of the molecule is Cc1ccc(COc2cccc(CC3CCCCC3N)c2)cc1. The Morgan fingerprint density at radius 1 is 1.00 bits per heavy atom. The number of rotatable bonds is 5. The molecule has 1 aliphatic carbocycles. The van der Waals surface area contributed by atoms with Crippen LogP contribution >= 0.6 is 0 Å². The van der Waals surface area contributed by atoms with Crippen LogP contribution in [-0.2, 0) is 13.0 Å². The molecule has 2 nitrogen and oxygen atoms in total. The van der Waals surface area contributed by atoms with Gasteiger partial charge in [0.2, 0.25) is 0 Å². The van der Waals surface area contributed by atoms with Crippen molar-refractivity contribution in [2.75, 3.05) is 0 Å². The minimum absolute atomic E-state index is 0.362. The van der Waals surface area contributed by atoms with E-state index in [1.807, 2.05) is 6.07 Å². The Hall–Kier alpha value is -1.80. The van der Waals surface area contributed by atoms with E-state index in [1.54, 1.807) is 0 Å². The van der Waals surface area contributed by atoms with Gasteiger partial charge in [-0.3, -0.25) is 0 Å². The summed E-state index contributed by atoms with van der Waals surface area (Å²) < 4.78 is 5.96. The molecule has 2 N–H and O–H groups in total. The molecular weight excluding hydrogens is 282 g/mol. The van der Waals surface area contributed by atoms with Crippen LogP contribution in [0.15, 0.2) is 48.5 Å². The van der Waals surface area contributed by atoms with E-state index in [9.17, 15) is 0 Å². The van der Waals surface area contributed by atoms with Gasteiger partial charge in [0.05, 0.1) is 0 Å². The Labute approximate surface area is 139 Å². The molecule has 1 fully saturated rings. The minimum atomic E-state index is 0.362. The topological polar surface area (TPSA) is 35.2 Å². The van der Waals surface area contributed by atoms with E-state index in [-0.39, 0.29) is 0 Å². The number of ether oxygens (including phenoxy) is 1. The maximum Gasteiger partial charge on any atom is 0.120 e. The van der Waals surface area contributed by atoms with E-state index in [4.69, 9.17) is 10.5 Å². The Bertz CT molecular complexity index is 620. The van der Waals surface area contributed by atoms with E-state index in [2.05, 4.69) is 49.4 Å². The van der Waals surface area contributed by atoms with Gasteiger partial charge in [0.25, 0.3) is 0 Å². The summed E-state index contributed by atoms with van der Waals surface area (Å²) in [6.07, 6.45) is 6.12. The second-order valence-corrected chi connectivity index (χ2v) is 6.83. The molecule has 0 saturated heterocycles. The van der Waals surface area contributed by atoms with Gasteiger partial charge in [0, 0.05) is 6.04 Å². The first-order valence-corrected chi connectivity index (χ1v) is 8.73. The molecule has 3 rings (SSSR count). The average Bonchev–Trinajstić information content (AvgIpc) is 2.57. The lowest BCUT2D eigenvalue weighted by Crippen LogP contribution is -2.34. The van der Waals surface area contributed by atoms with Gasteiger partial charge < -0.3 is 10.5 Å². The van der Waals surface area contributed by atoms with Crippen molar-refractivity contribution in [3.63, 3.8) is 0 Å². The first kappa shape index (κ1) is 16.1. The second-order valence-electron chi connectivity index (χ2n) is 6.83. The van der Waals surface area contributed by atoms with E-state index < -0.39 is 0 Å². The summed E-state index contributed by atoms with van der Waals surface area (Å²) >= 11 is 0. The molecule has 0 spiro atoms. The predicted molar refractivity (Wildman–Crippen MR) is 95.6 cm³/mol. The number of aryl methyl sites for hydroxylation is 1. The van der Waals surface area contributed by atoms with Gasteiger partial charge in [-0.15, -0.1) is 0 Å². The van der Waals surface area contributed by atoms with E-state index in [0.717, 1.165) is 12.2 Å². The van der Waals surface area contributed by atoms with Crippen molar-refractivity contribution in [3.8, 4) is 5.75 Å². The summed E-state index contributed by atoms with van der Waals surface area (Å²) in [7, 11) is 0. The zero-order chi connectivity index (χ0) is 16.1. The Kier molecular flexibility index (Phi) is 5.35. The molecule has 0 aliphatic heterocycles. The van der Waals surface area contributed by atoms with Crippen LogP contribution in [0.1, 0.15) is 42.4 Å². The van der Waals surface area contributed by atoms with Gasteiger partial charge in [-0.1, -0.05) is 54.8 Å². The first-order valence-electron chi connectivity index (χ1n) is 8.73. The van der Waals surface area contributed by atoms with Gasteiger partial charge in [-0.05, 0) is 55.4 Å². The first-order chi connectivity index (χ1) is 11.2. The summed E-state index contributed by atoms with van der Waals surface area (Å²) in [5, 5.41) is 0. The smallest absolute Gasteiger partial charge is 0.120 e. The van der Waals surface area contributed by atoms with E-state index in [0.29, 0.717) is 18.6 Å². The van der Waals surface area contributed by atoms with Crippen LogP contribution in [0.4, 0.5) is 0 Å². The number of hydrogen-bond acceptors (Lipinski definition) is 2. The van der Waals surface area contributed by atoms with Crippen LogP contribution < -0.4 is 10.5 Å². The summed E-state index contributed by atoms with van der Waals surface area (Å²) in [6.45, 7) is 2.72. The van der Waals surface area contributed by atoms with Gasteiger partial charge >= 0.3 is 0 Å². The van der Waals surface area contributed by atoms with Gasteiger partial charge in [-0.2, -0.15) is 0 Å². The van der Waals surface area contributed by atoms with Crippen LogP contribution in [0.5, 0.6) is 5.75 Å². The Morgan fingerprint density at radius 2 is 1.78 bits per heavy atom. The fourth-order valence-corrected chi connectivity index (χ4v) is 3.41. The molecule has 122 valence electrons. The molecular formula is C21H27NO. The maximum absolute atomic E-state index is 6.28. The Morgan fingerprint density at radius 3 is 2.57 bits per heavy atom. The van der Waals surface area contributed by atoms with E-state index >= 15 is 0 Å². The predicted octanol–water partition coefficient (Wildman–Crippen LogP) is 4.63. The summed E-state index contributed by atoms with van der Waals surface area (Å²) in [5.74, 6) is 1.57. The van der Waals surface area contributed by atoms with Gasteiger partial charge in [0.15, 0.2) is 0 Å². The van der Waals surface area contributed by atoms with Gasteiger partial charge in [-0.25, -0.2) is 0 Å². The highest BCUT2D eigenvalue weighted by atomic mass is 16.5. The van der Waals surface area contributed by atoms with Crippen molar-refractivity contribution in [2.24, 2.45) is 11.7 Å². The second kappa shape index (κ2) is 7.65. The average molecular weight is 309 g/mol. The molecule has 1 saturated carbocycles. The van der Waals surface area contributed by atoms with E-state index in [1.165, 1.54) is 42.4 Å². The molecule has 2 aromatic carbocycles. The molecule has 1 aliphatic rings. The van der Waals surface area contributed by atoms with Crippen molar-refractivity contribution < 1.29 is 4.74 Å². The largest absolute Gasteiger partial charge is 0.489 e. The fraction of sp³-hybridized carbons (Fsp3) is 0.429. The van der Waals surface area contributed by atoms with Crippen LogP contribution in [0.3, 0.4) is 0 Å². The number of benzene rings is 2. The van der Waals surface area contributed by atoms with Crippen molar-refractivity contribution in [2.45, 2.75) is 51.7 Å². The molecule has 0 radical (unpaired) electrons. The number of nitrogens with two attached hydrogens (primary N) is 1. The lowest BCUT2D eigenvalue weighted by Gasteiger charge is -2.28. The standard InChI is InChI=1S/C21H27NO/c1-16-9-11-17(12-10-16)15-23-20-7-4-5-18(14-20)13-19-6-2-3-8-21(19)22/h4-5,7,9-12,14,19,21H,2-3,6,8,13,15,22H2,1H3. The summed E-state index contributed by atoms with van der Waals surface area (Å²) in [5.41, 5.74) is 10.1. The van der Waals surface area contributed by atoms with Crippen molar-refractivity contribution in [3.05, 3.63) is 65.2 Å². The summed E-state index contributed by atoms with van der Waals surface area (Å²) in [6, 6.07) is 17.4. The minimum Gasteiger partial charge on any atom is -0.489 e. The molecule has 2 atom stereocenters. The Balaban J connectivity index is 1.59. The highest BCUT2D eigenvalue weighted by Gasteiger charge is 2.21. The third kappa shape index (κ3) is 4.59. The molecule has 0 aromatic heterocycles. The molecule has 2 unspecified atom stereocenters. The third-order valence-electron chi connectivity index (χ3n) is 4.89. The van der Waals surface area contributed by atoms with Crippen LogP contribution in [0.25, 0.3) is 0 Å². The molecule has 2 aromatic rings. The van der Waals surface area contributed by atoms with Crippen molar-refractivity contribution in [1.29, 1.82) is 0 Å². The zero-order valence-electron chi connectivity index (χ0n) is 14.0. The van der Waals surface area contributed by atoms with Crippen molar-refractivity contribution >= 4 is 0 Å². The van der Waals surface area contributed by atoms with Crippen LogP contribution in [-0.4, -0.2) is 6.04 Å². The van der Waals surface area contributed by atoms with Gasteiger partial charge in [0.1, 0.15) is 12.4 Å². The molecule has 0 amide bonds. The maximum atomic E-state index is 6.28. The normalized spacial score (nSPS) is 21.1. The quantitative estimate of drug-likeness (QED) is 0.873. The lowest BCUT2D eigenvalue weighted by molar-refractivity contribution is 0.300. The molecule has 0 bridgehead atoms. The summed E-state index contributed by atoms with van der Waals surface area (Å²) in [4.78, 5) is 0. The third-order valence-corrected chi connectivity index (χ3v) is 4.89. The molecule has 2 heteroatoms. The van der Waals surface area contributed by atoms with Crippen LogP contribution in [0, 0.1) is 12.8 Å². The lowest BCUT2D eigenvalue weighted by atomic mass is 9.81. The van der Waals surface area contributed by atoms with Crippen molar-refractivity contribution in [1.82, 2.24) is 0 Å². The molecule has 23 heavy (non-hydrogen) atoms. The number of hydrogen-bond donors (Lipinski definition) is 1. The molecule has 0 heterocycles. The highest BCUT2D eigenvalue weighted by Crippen LogP contribution is 2.27.